The number of methoxy groups -OCH3 is 1. The normalized spacial score (nSPS) is 16.2. The molecule has 2 aromatic carbocycles. The van der Waals surface area contributed by atoms with Gasteiger partial charge in [-0.2, -0.15) is 0 Å². The minimum absolute atomic E-state index is 0.0751. The molecule has 2 amide bonds. The maximum atomic E-state index is 12.9. The third-order valence-electron chi connectivity index (χ3n) is 5.24. The van der Waals surface area contributed by atoms with E-state index in [0.29, 0.717) is 36.6 Å². The highest BCUT2D eigenvalue weighted by Crippen LogP contribution is 2.22. The predicted molar refractivity (Wildman–Crippen MR) is 122 cm³/mol. The third kappa shape index (κ3) is 5.67. The monoisotopic (exact) mass is 457 g/mol. The first-order valence-corrected chi connectivity index (χ1v) is 11.8. The van der Waals surface area contributed by atoms with Gasteiger partial charge in [-0.1, -0.05) is 12.1 Å². The van der Waals surface area contributed by atoms with Crippen LogP contribution in [0.3, 0.4) is 0 Å². The Bertz CT molecular complexity index is 1080. The van der Waals surface area contributed by atoms with Crippen molar-refractivity contribution in [3.8, 4) is 5.75 Å². The van der Waals surface area contributed by atoms with E-state index in [2.05, 4.69) is 16.6 Å². The number of ether oxygens (including phenoxy) is 1. The lowest BCUT2D eigenvalue weighted by molar-refractivity contribution is -0.126. The largest absolute Gasteiger partial charge is 0.497 e. The molecule has 0 saturated carbocycles. The quantitative estimate of drug-likeness (QED) is 0.593. The van der Waals surface area contributed by atoms with Crippen LogP contribution in [0.15, 0.2) is 66.1 Å². The number of rotatable bonds is 8. The lowest BCUT2D eigenvalue weighted by Crippen LogP contribution is -2.45. The van der Waals surface area contributed by atoms with E-state index in [1.807, 2.05) is 0 Å². The van der Waals surface area contributed by atoms with Gasteiger partial charge in [-0.05, 0) is 49.2 Å². The molecular weight excluding hydrogens is 430 g/mol. The van der Waals surface area contributed by atoms with Crippen molar-refractivity contribution in [2.24, 2.45) is 5.92 Å². The van der Waals surface area contributed by atoms with Crippen molar-refractivity contribution >= 4 is 27.5 Å². The maximum Gasteiger partial charge on any atom is 0.262 e. The van der Waals surface area contributed by atoms with E-state index in [-0.39, 0.29) is 22.6 Å². The molecule has 0 spiro atoms. The molecule has 32 heavy (non-hydrogen) atoms. The number of nitrogens with one attached hydrogen (secondary N) is 2. The van der Waals surface area contributed by atoms with Gasteiger partial charge in [-0.15, -0.1) is 6.58 Å². The second-order valence-electron chi connectivity index (χ2n) is 7.49. The average molecular weight is 458 g/mol. The number of carbonyl (C=O) groups is 2. The first-order valence-electron chi connectivity index (χ1n) is 10.3. The minimum atomic E-state index is -3.80. The van der Waals surface area contributed by atoms with Crippen molar-refractivity contribution in [2.75, 3.05) is 31.5 Å². The fraction of sp³-hybridized carbons (Fsp3) is 0.304. The number of anilines is 1. The highest BCUT2D eigenvalue weighted by atomic mass is 32.2. The summed E-state index contributed by atoms with van der Waals surface area (Å²) in [4.78, 5) is 26.9. The van der Waals surface area contributed by atoms with Crippen LogP contribution in [0.2, 0.25) is 0 Å². The maximum absolute atomic E-state index is 12.9. The van der Waals surface area contributed by atoms with Gasteiger partial charge in [-0.25, -0.2) is 8.42 Å². The first-order chi connectivity index (χ1) is 15.3. The Morgan fingerprint density at radius 2 is 1.97 bits per heavy atom. The summed E-state index contributed by atoms with van der Waals surface area (Å²) in [6.45, 7) is 4.92. The van der Waals surface area contributed by atoms with Crippen molar-refractivity contribution in [1.29, 1.82) is 0 Å². The molecule has 2 N–H and O–H groups in total. The second kappa shape index (κ2) is 10.3. The number of benzene rings is 2. The summed E-state index contributed by atoms with van der Waals surface area (Å²) in [6.07, 6.45) is 3.10. The molecule has 1 aliphatic rings. The summed E-state index contributed by atoms with van der Waals surface area (Å²) in [5, 5.41) is 2.78. The number of piperidine rings is 1. The van der Waals surface area contributed by atoms with Crippen molar-refractivity contribution in [3.63, 3.8) is 0 Å². The van der Waals surface area contributed by atoms with Gasteiger partial charge < -0.3 is 15.0 Å². The van der Waals surface area contributed by atoms with Crippen molar-refractivity contribution in [2.45, 2.75) is 17.7 Å². The zero-order chi connectivity index (χ0) is 23.1. The van der Waals surface area contributed by atoms with Gasteiger partial charge in [0.2, 0.25) is 5.91 Å². The summed E-state index contributed by atoms with van der Waals surface area (Å²) in [6, 6.07) is 12.4. The number of hydrogen-bond donors (Lipinski definition) is 2. The lowest BCUT2D eigenvalue weighted by atomic mass is 9.96. The Hall–Kier alpha value is -3.33. The smallest absolute Gasteiger partial charge is 0.262 e. The third-order valence-corrected chi connectivity index (χ3v) is 6.61. The number of carbonyl (C=O) groups excluding carboxylic acids is 2. The molecular formula is C23H27N3O5S. The van der Waals surface area contributed by atoms with Gasteiger partial charge in [0, 0.05) is 37.0 Å². The van der Waals surface area contributed by atoms with Crippen LogP contribution < -0.4 is 14.8 Å². The number of sulfonamides is 1. The molecule has 0 radical (unpaired) electrons. The molecule has 1 heterocycles. The van der Waals surface area contributed by atoms with Crippen molar-refractivity contribution < 1.29 is 22.7 Å². The van der Waals surface area contributed by atoms with Crippen LogP contribution in [0.1, 0.15) is 23.2 Å². The zero-order valence-electron chi connectivity index (χ0n) is 17.9. The SMILES string of the molecule is C=CCNC(=O)C1CCCN(C(=O)c2ccc(NS(=O)(=O)c3cccc(OC)c3)cc2)C1. The van der Waals surface area contributed by atoms with E-state index < -0.39 is 10.0 Å². The Morgan fingerprint density at radius 3 is 2.66 bits per heavy atom. The molecule has 9 heteroatoms. The van der Waals surface area contributed by atoms with E-state index >= 15 is 0 Å². The molecule has 1 aliphatic heterocycles. The van der Waals surface area contributed by atoms with E-state index in [4.69, 9.17) is 4.74 Å². The highest BCUT2D eigenvalue weighted by Gasteiger charge is 2.28. The van der Waals surface area contributed by atoms with Gasteiger partial charge in [0.15, 0.2) is 0 Å². The number of hydrogen-bond acceptors (Lipinski definition) is 5. The number of likely N-dealkylation sites (tertiary alicyclic amines) is 1. The van der Waals surface area contributed by atoms with E-state index in [9.17, 15) is 18.0 Å². The molecule has 0 aromatic heterocycles. The fourth-order valence-electron chi connectivity index (χ4n) is 3.54. The number of amides is 2. The summed E-state index contributed by atoms with van der Waals surface area (Å²) >= 11 is 0. The van der Waals surface area contributed by atoms with Gasteiger partial charge in [-0.3, -0.25) is 14.3 Å². The van der Waals surface area contributed by atoms with Gasteiger partial charge in [0.25, 0.3) is 15.9 Å². The first kappa shape index (κ1) is 23.3. The van der Waals surface area contributed by atoms with Gasteiger partial charge in [0.05, 0.1) is 17.9 Å². The van der Waals surface area contributed by atoms with Crippen LogP contribution in [0.4, 0.5) is 5.69 Å². The van der Waals surface area contributed by atoms with Crippen molar-refractivity contribution in [3.05, 3.63) is 66.7 Å². The summed E-state index contributed by atoms with van der Waals surface area (Å²) < 4.78 is 32.8. The van der Waals surface area contributed by atoms with Gasteiger partial charge >= 0.3 is 0 Å². The molecule has 0 aliphatic carbocycles. The van der Waals surface area contributed by atoms with Gasteiger partial charge in [0.1, 0.15) is 5.75 Å². The molecule has 8 nitrogen and oxygen atoms in total. The highest BCUT2D eigenvalue weighted by molar-refractivity contribution is 7.92. The van der Waals surface area contributed by atoms with Crippen LogP contribution in [0, 0.1) is 5.92 Å². The Kier molecular flexibility index (Phi) is 7.53. The molecule has 0 bridgehead atoms. The topological polar surface area (TPSA) is 105 Å². The van der Waals surface area contributed by atoms with Crippen LogP contribution in [0.5, 0.6) is 5.75 Å². The summed E-state index contributed by atoms with van der Waals surface area (Å²) in [5.74, 6) is -0.0773. The van der Waals surface area contributed by atoms with Crippen LogP contribution in [0.25, 0.3) is 0 Å². The Morgan fingerprint density at radius 1 is 1.22 bits per heavy atom. The molecule has 3 rings (SSSR count). The van der Waals surface area contributed by atoms with E-state index in [1.54, 1.807) is 47.4 Å². The molecule has 2 aromatic rings. The van der Waals surface area contributed by atoms with Crippen LogP contribution >= 0.6 is 0 Å². The van der Waals surface area contributed by atoms with Crippen LogP contribution in [-0.4, -0.2) is 51.9 Å². The molecule has 1 saturated heterocycles. The lowest BCUT2D eigenvalue weighted by Gasteiger charge is -2.32. The average Bonchev–Trinajstić information content (AvgIpc) is 2.82. The molecule has 1 fully saturated rings. The van der Waals surface area contributed by atoms with E-state index in [0.717, 1.165) is 12.8 Å². The van der Waals surface area contributed by atoms with Crippen molar-refractivity contribution in [1.82, 2.24) is 10.2 Å². The molecule has 170 valence electrons. The fourth-order valence-corrected chi connectivity index (χ4v) is 4.63. The molecule has 1 unspecified atom stereocenters. The Labute approximate surface area is 188 Å². The van der Waals surface area contributed by atoms with Crippen LogP contribution in [-0.2, 0) is 14.8 Å². The van der Waals surface area contributed by atoms with E-state index in [1.165, 1.54) is 19.2 Å². The summed E-state index contributed by atoms with van der Waals surface area (Å²) in [5.41, 5.74) is 0.770. The minimum Gasteiger partial charge on any atom is -0.497 e. The molecule has 1 atom stereocenters. The summed E-state index contributed by atoms with van der Waals surface area (Å²) in [7, 11) is -2.34. The Balaban J connectivity index is 1.66. The number of nitrogens with zero attached hydrogens (tertiary/aromatic N) is 1. The zero-order valence-corrected chi connectivity index (χ0v) is 18.7. The second-order valence-corrected chi connectivity index (χ2v) is 9.17. The standard InChI is InChI=1S/C23H27N3O5S/c1-3-13-24-22(27)18-6-5-14-26(16-18)23(28)17-9-11-19(12-10-17)25-32(29,30)21-8-4-7-20(15-21)31-2/h3-4,7-12,15,18,25H,1,5-6,13-14,16H2,2H3,(H,24,27). The predicted octanol–water partition coefficient (Wildman–Crippen LogP) is 2.65.